The maximum absolute atomic E-state index is 13.7. The average molecular weight is 346 g/mol. The standard InChI is InChI=1S/C15H20F2N2O3S/c1-19(2)15(20)10-5-3-6-11(9-10)18-23(21,22)13-8-4-7-12(16)14(13)17/h4,7-8,10-11,18H,3,5-6,9H2,1-2H3. The number of sulfonamides is 1. The number of benzene rings is 1. The zero-order chi connectivity index (χ0) is 17.2. The molecule has 1 fully saturated rings. The summed E-state index contributed by atoms with van der Waals surface area (Å²) in [4.78, 5) is 12.8. The molecule has 0 bridgehead atoms. The number of hydrogen-bond acceptors (Lipinski definition) is 3. The van der Waals surface area contributed by atoms with Crippen LogP contribution in [0.3, 0.4) is 0 Å². The summed E-state index contributed by atoms with van der Waals surface area (Å²) in [6, 6.07) is 2.56. The molecule has 0 radical (unpaired) electrons. The van der Waals surface area contributed by atoms with Crippen molar-refractivity contribution >= 4 is 15.9 Å². The molecule has 1 aromatic rings. The summed E-state index contributed by atoms with van der Waals surface area (Å²) in [5, 5.41) is 0. The lowest BCUT2D eigenvalue weighted by molar-refractivity contribution is -0.134. The molecule has 2 rings (SSSR count). The fourth-order valence-electron chi connectivity index (χ4n) is 2.86. The SMILES string of the molecule is CN(C)C(=O)C1CCCC(NS(=O)(=O)c2cccc(F)c2F)C1. The quantitative estimate of drug-likeness (QED) is 0.905. The third-order valence-corrected chi connectivity index (χ3v) is 5.53. The van der Waals surface area contributed by atoms with Crippen LogP contribution >= 0.6 is 0 Å². The maximum Gasteiger partial charge on any atom is 0.243 e. The van der Waals surface area contributed by atoms with Crippen LogP contribution in [0.25, 0.3) is 0 Å². The predicted molar refractivity (Wildman–Crippen MR) is 81.1 cm³/mol. The molecule has 2 atom stereocenters. The van der Waals surface area contributed by atoms with Crippen molar-refractivity contribution in [2.24, 2.45) is 5.92 Å². The summed E-state index contributed by atoms with van der Waals surface area (Å²) in [7, 11) is -0.870. The molecule has 0 aliphatic heterocycles. The Kier molecular flexibility index (Phi) is 5.36. The van der Waals surface area contributed by atoms with Crippen molar-refractivity contribution in [2.45, 2.75) is 36.6 Å². The van der Waals surface area contributed by atoms with E-state index >= 15 is 0 Å². The van der Waals surface area contributed by atoms with Crippen LogP contribution < -0.4 is 4.72 Å². The number of nitrogens with one attached hydrogen (secondary N) is 1. The monoisotopic (exact) mass is 346 g/mol. The zero-order valence-electron chi connectivity index (χ0n) is 13.1. The number of halogens is 2. The highest BCUT2D eigenvalue weighted by atomic mass is 32.2. The number of rotatable bonds is 4. The number of carbonyl (C=O) groups is 1. The van der Waals surface area contributed by atoms with E-state index in [1.807, 2.05) is 0 Å². The first-order valence-corrected chi connectivity index (χ1v) is 8.88. The molecule has 128 valence electrons. The van der Waals surface area contributed by atoms with Gasteiger partial charge in [-0.25, -0.2) is 21.9 Å². The second kappa shape index (κ2) is 6.92. The van der Waals surface area contributed by atoms with Crippen LogP contribution in [0.1, 0.15) is 25.7 Å². The van der Waals surface area contributed by atoms with Gasteiger partial charge in [0, 0.05) is 26.1 Å². The molecule has 1 aromatic carbocycles. The van der Waals surface area contributed by atoms with Crippen LogP contribution in [0.5, 0.6) is 0 Å². The Morgan fingerprint density at radius 2 is 1.96 bits per heavy atom. The van der Waals surface area contributed by atoms with Gasteiger partial charge >= 0.3 is 0 Å². The summed E-state index contributed by atoms with van der Waals surface area (Å²) in [5.41, 5.74) is 0. The van der Waals surface area contributed by atoms with Gasteiger partial charge in [-0.05, 0) is 31.4 Å². The third-order valence-electron chi connectivity index (χ3n) is 3.99. The molecule has 1 aliphatic carbocycles. The lowest BCUT2D eigenvalue weighted by atomic mass is 9.85. The molecule has 5 nitrogen and oxygen atoms in total. The smallest absolute Gasteiger partial charge is 0.243 e. The van der Waals surface area contributed by atoms with E-state index in [9.17, 15) is 22.0 Å². The van der Waals surface area contributed by atoms with Gasteiger partial charge in [0.15, 0.2) is 11.6 Å². The van der Waals surface area contributed by atoms with Gasteiger partial charge in [0.2, 0.25) is 15.9 Å². The van der Waals surface area contributed by atoms with Crippen molar-refractivity contribution < 1.29 is 22.0 Å². The molecule has 0 saturated heterocycles. The Balaban J connectivity index is 2.14. The highest BCUT2D eigenvalue weighted by Crippen LogP contribution is 2.27. The van der Waals surface area contributed by atoms with Crippen LogP contribution in [-0.4, -0.2) is 39.4 Å². The molecule has 2 unspecified atom stereocenters. The molecular formula is C15H20F2N2O3S. The van der Waals surface area contributed by atoms with Crippen molar-refractivity contribution in [1.82, 2.24) is 9.62 Å². The van der Waals surface area contributed by atoms with E-state index in [1.165, 1.54) is 4.90 Å². The van der Waals surface area contributed by atoms with Crippen LogP contribution in [0, 0.1) is 17.6 Å². The topological polar surface area (TPSA) is 66.5 Å². The lowest BCUT2D eigenvalue weighted by Gasteiger charge is -2.30. The summed E-state index contributed by atoms with van der Waals surface area (Å²) < 4.78 is 53.9. The fourth-order valence-corrected chi connectivity index (χ4v) is 4.23. The Morgan fingerprint density at radius 3 is 2.61 bits per heavy atom. The van der Waals surface area contributed by atoms with E-state index in [0.717, 1.165) is 18.2 Å². The maximum atomic E-state index is 13.7. The van der Waals surface area contributed by atoms with Crippen LogP contribution in [0.4, 0.5) is 8.78 Å². The van der Waals surface area contributed by atoms with Crippen molar-refractivity contribution in [3.05, 3.63) is 29.8 Å². The molecule has 1 aliphatic rings. The number of nitrogens with zero attached hydrogens (tertiary/aromatic N) is 1. The van der Waals surface area contributed by atoms with Gasteiger partial charge in [0.25, 0.3) is 0 Å². The second-order valence-electron chi connectivity index (χ2n) is 5.97. The van der Waals surface area contributed by atoms with E-state index in [1.54, 1.807) is 14.1 Å². The molecule has 1 saturated carbocycles. The van der Waals surface area contributed by atoms with Gasteiger partial charge in [0.05, 0.1) is 0 Å². The highest BCUT2D eigenvalue weighted by molar-refractivity contribution is 7.89. The Labute approximate surface area is 134 Å². The van der Waals surface area contributed by atoms with Crippen LogP contribution in [0.15, 0.2) is 23.1 Å². The normalized spacial score (nSPS) is 21.9. The summed E-state index contributed by atoms with van der Waals surface area (Å²) >= 11 is 0. The number of carbonyl (C=O) groups excluding carboxylic acids is 1. The summed E-state index contributed by atoms with van der Waals surface area (Å²) in [6.07, 6.45) is 2.31. The molecule has 8 heteroatoms. The minimum Gasteiger partial charge on any atom is -0.349 e. The molecule has 0 spiro atoms. The average Bonchev–Trinajstić information content (AvgIpc) is 2.48. The Hall–Kier alpha value is -1.54. The first-order valence-electron chi connectivity index (χ1n) is 7.40. The van der Waals surface area contributed by atoms with Crippen molar-refractivity contribution in [1.29, 1.82) is 0 Å². The molecular weight excluding hydrogens is 326 g/mol. The minimum absolute atomic E-state index is 0.0502. The first kappa shape index (κ1) is 17.8. The highest BCUT2D eigenvalue weighted by Gasteiger charge is 2.32. The molecule has 23 heavy (non-hydrogen) atoms. The molecule has 0 heterocycles. The zero-order valence-corrected chi connectivity index (χ0v) is 13.9. The van der Waals surface area contributed by atoms with Crippen LogP contribution in [0.2, 0.25) is 0 Å². The number of amides is 1. The van der Waals surface area contributed by atoms with E-state index in [2.05, 4.69) is 4.72 Å². The summed E-state index contributed by atoms with van der Waals surface area (Å²) in [6.45, 7) is 0. The minimum atomic E-state index is -4.17. The molecule has 1 N–H and O–H groups in total. The van der Waals surface area contributed by atoms with Crippen LogP contribution in [-0.2, 0) is 14.8 Å². The number of hydrogen-bond donors (Lipinski definition) is 1. The van der Waals surface area contributed by atoms with E-state index in [4.69, 9.17) is 0 Å². The predicted octanol–water partition coefficient (Wildman–Crippen LogP) is 1.89. The molecule has 0 aromatic heterocycles. The molecule has 1 amide bonds. The first-order chi connectivity index (χ1) is 10.7. The van der Waals surface area contributed by atoms with Crippen molar-refractivity contribution in [2.75, 3.05) is 14.1 Å². The Bertz CT molecular complexity index is 692. The van der Waals surface area contributed by atoms with Gasteiger partial charge in [-0.15, -0.1) is 0 Å². The second-order valence-corrected chi connectivity index (χ2v) is 7.65. The van der Waals surface area contributed by atoms with E-state index in [0.29, 0.717) is 25.7 Å². The van der Waals surface area contributed by atoms with E-state index < -0.39 is 32.6 Å². The van der Waals surface area contributed by atoms with Crippen molar-refractivity contribution in [3.63, 3.8) is 0 Å². The summed E-state index contributed by atoms with van der Waals surface area (Å²) in [5.74, 6) is -2.91. The van der Waals surface area contributed by atoms with Gasteiger partial charge in [-0.1, -0.05) is 12.5 Å². The Morgan fingerprint density at radius 1 is 1.26 bits per heavy atom. The van der Waals surface area contributed by atoms with Gasteiger partial charge in [-0.3, -0.25) is 4.79 Å². The third kappa shape index (κ3) is 4.06. The van der Waals surface area contributed by atoms with Crippen molar-refractivity contribution in [3.8, 4) is 0 Å². The largest absolute Gasteiger partial charge is 0.349 e. The van der Waals surface area contributed by atoms with Gasteiger partial charge in [0.1, 0.15) is 4.90 Å². The lowest BCUT2D eigenvalue weighted by Crippen LogP contribution is -2.42. The van der Waals surface area contributed by atoms with Gasteiger partial charge in [-0.2, -0.15) is 0 Å². The van der Waals surface area contributed by atoms with Gasteiger partial charge < -0.3 is 4.90 Å². The van der Waals surface area contributed by atoms with E-state index in [-0.39, 0.29) is 11.8 Å². The fraction of sp³-hybridized carbons (Fsp3) is 0.533.